The maximum absolute atomic E-state index is 12.5. The molecule has 0 aromatic heterocycles. The van der Waals surface area contributed by atoms with Gasteiger partial charge in [-0.15, -0.1) is 0 Å². The number of ether oxygens (including phenoxy) is 1. The minimum Gasteiger partial charge on any atom is -0.435 e. The molecule has 27 heavy (non-hydrogen) atoms. The van der Waals surface area contributed by atoms with Crippen molar-refractivity contribution in [2.45, 2.75) is 32.2 Å². The van der Waals surface area contributed by atoms with Crippen LogP contribution in [0.4, 0.5) is 22.0 Å². The predicted molar refractivity (Wildman–Crippen MR) is 89.3 cm³/mol. The van der Waals surface area contributed by atoms with Gasteiger partial charge in [0.05, 0.1) is 5.56 Å². The van der Waals surface area contributed by atoms with Gasteiger partial charge < -0.3 is 9.64 Å². The molecule has 1 amide bonds. The van der Waals surface area contributed by atoms with Crippen molar-refractivity contribution in [3.8, 4) is 5.75 Å². The summed E-state index contributed by atoms with van der Waals surface area (Å²) in [7, 11) is 1.57. The first kappa shape index (κ1) is 20.7. The smallest absolute Gasteiger partial charge is 0.416 e. The van der Waals surface area contributed by atoms with Crippen molar-refractivity contribution in [1.29, 1.82) is 0 Å². The summed E-state index contributed by atoms with van der Waals surface area (Å²) in [5, 5.41) is 0. The standard InChI is InChI=1S/C19H18F5NO2/c1-25(12-14-2-7-15(8-3-14)19(22,23)24)17(26)11-6-13-4-9-16(10-5-13)27-18(20)21/h2-5,7-10,18H,6,11-12H2,1H3. The number of amides is 1. The lowest BCUT2D eigenvalue weighted by Crippen LogP contribution is -2.26. The molecule has 0 aliphatic carbocycles. The van der Waals surface area contributed by atoms with Crippen LogP contribution in [0.5, 0.6) is 5.75 Å². The van der Waals surface area contributed by atoms with Gasteiger partial charge in [0.15, 0.2) is 0 Å². The summed E-state index contributed by atoms with van der Waals surface area (Å²) in [6.45, 7) is -2.70. The van der Waals surface area contributed by atoms with Gasteiger partial charge in [-0.1, -0.05) is 24.3 Å². The van der Waals surface area contributed by atoms with Crippen molar-refractivity contribution in [2.75, 3.05) is 7.05 Å². The Bertz CT molecular complexity index is 742. The molecule has 0 N–H and O–H groups in total. The number of aryl methyl sites for hydroxylation is 1. The molecule has 2 rings (SSSR count). The number of carbonyl (C=O) groups excluding carboxylic acids is 1. The van der Waals surface area contributed by atoms with Crippen molar-refractivity contribution in [2.24, 2.45) is 0 Å². The van der Waals surface area contributed by atoms with Crippen molar-refractivity contribution in [3.63, 3.8) is 0 Å². The molecule has 0 saturated heterocycles. The maximum Gasteiger partial charge on any atom is 0.416 e. The molecule has 0 unspecified atom stereocenters. The number of benzene rings is 2. The van der Waals surface area contributed by atoms with Crippen LogP contribution in [-0.2, 0) is 23.9 Å². The van der Waals surface area contributed by atoms with Gasteiger partial charge in [0.1, 0.15) is 5.75 Å². The summed E-state index contributed by atoms with van der Waals surface area (Å²) in [6.07, 6.45) is -3.80. The Kier molecular flexibility index (Phi) is 6.76. The number of hydrogen-bond acceptors (Lipinski definition) is 2. The van der Waals surface area contributed by atoms with Crippen LogP contribution < -0.4 is 4.74 Å². The fourth-order valence-electron chi connectivity index (χ4n) is 2.44. The second-order valence-electron chi connectivity index (χ2n) is 5.97. The van der Waals surface area contributed by atoms with E-state index in [0.29, 0.717) is 12.0 Å². The number of rotatable bonds is 7. The first-order chi connectivity index (χ1) is 12.6. The molecular formula is C19H18F5NO2. The summed E-state index contributed by atoms with van der Waals surface area (Å²) >= 11 is 0. The summed E-state index contributed by atoms with van der Waals surface area (Å²) in [5.74, 6) is -0.137. The quantitative estimate of drug-likeness (QED) is 0.633. The van der Waals surface area contributed by atoms with Crippen molar-refractivity contribution in [1.82, 2.24) is 4.90 Å². The van der Waals surface area contributed by atoms with Gasteiger partial charge in [0.2, 0.25) is 5.91 Å². The molecule has 0 spiro atoms. The zero-order valence-corrected chi connectivity index (χ0v) is 14.5. The Labute approximate surface area is 153 Å². The molecule has 2 aromatic rings. The molecule has 146 valence electrons. The van der Waals surface area contributed by atoms with Crippen molar-refractivity contribution in [3.05, 3.63) is 65.2 Å². The van der Waals surface area contributed by atoms with E-state index in [-0.39, 0.29) is 24.6 Å². The second kappa shape index (κ2) is 8.83. The zero-order valence-electron chi connectivity index (χ0n) is 14.5. The molecule has 2 aromatic carbocycles. The van der Waals surface area contributed by atoms with Gasteiger partial charge in [0, 0.05) is 20.0 Å². The summed E-state index contributed by atoms with van der Waals surface area (Å²) in [6, 6.07) is 10.6. The van der Waals surface area contributed by atoms with Crippen LogP contribution in [0.25, 0.3) is 0 Å². The number of nitrogens with zero attached hydrogens (tertiary/aromatic N) is 1. The third kappa shape index (κ3) is 6.54. The summed E-state index contributed by atoms with van der Waals surface area (Å²) < 4.78 is 66.1. The van der Waals surface area contributed by atoms with Crippen LogP contribution in [0.15, 0.2) is 48.5 Å². The van der Waals surface area contributed by atoms with Crippen molar-refractivity contribution < 1.29 is 31.5 Å². The minimum absolute atomic E-state index is 0.0412. The molecular weight excluding hydrogens is 369 g/mol. The van der Waals surface area contributed by atoms with E-state index in [1.165, 1.54) is 29.2 Å². The minimum atomic E-state index is -4.39. The van der Waals surface area contributed by atoms with Gasteiger partial charge in [-0.2, -0.15) is 22.0 Å². The average molecular weight is 387 g/mol. The third-order valence-corrected chi connectivity index (χ3v) is 3.90. The molecule has 3 nitrogen and oxygen atoms in total. The zero-order chi connectivity index (χ0) is 20.0. The second-order valence-corrected chi connectivity index (χ2v) is 5.97. The molecule has 0 bridgehead atoms. The number of carbonyl (C=O) groups is 1. The Morgan fingerprint density at radius 3 is 2.07 bits per heavy atom. The number of alkyl halides is 5. The highest BCUT2D eigenvalue weighted by Gasteiger charge is 2.29. The first-order valence-electron chi connectivity index (χ1n) is 8.09. The molecule has 0 heterocycles. The fraction of sp³-hybridized carbons (Fsp3) is 0.316. The van der Waals surface area contributed by atoms with E-state index in [9.17, 15) is 26.7 Å². The van der Waals surface area contributed by atoms with Gasteiger partial charge in [0.25, 0.3) is 0 Å². The highest BCUT2D eigenvalue weighted by Crippen LogP contribution is 2.29. The normalized spacial score (nSPS) is 11.5. The van der Waals surface area contributed by atoms with Crippen LogP contribution in [0.2, 0.25) is 0 Å². The molecule has 8 heteroatoms. The van der Waals surface area contributed by atoms with Gasteiger partial charge in [-0.05, 0) is 41.8 Å². The highest BCUT2D eigenvalue weighted by atomic mass is 19.4. The lowest BCUT2D eigenvalue weighted by Gasteiger charge is -2.18. The molecule has 0 saturated carbocycles. The van der Waals surface area contributed by atoms with E-state index in [2.05, 4.69) is 4.74 Å². The number of hydrogen-bond donors (Lipinski definition) is 0. The van der Waals surface area contributed by atoms with Crippen LogP contribution >= 0.6 is 0 Å². The third-order valence-electron chi connectivity index (χ3n) is 3.90. The highest BCUT2D eigenvalue weighted by molar-refractivity contribution is 5.76. The lowest BCUT2D eigenvalue weighted by molar-refractivity contribution is -0.137. The maximum atomic E-state index is 12.5. The SMILES string of the molecule is CN(Cc1ccc(C(F)(F)F)cc1)C(=O)CCc1ccc(OC(F)F)cc1. The Hall–Kier alpha value is -2.64. The molecule has 0 aliphatic heterocycles. The average Bonchev–Trinajstić information content (AvgIpc) is 2.60. The van der Waals surface area contributed by atoms with E-state index in [4.69, 9.17) is 0 Å². The van der Waals surface area contributed by atoms with E-state index in [1.807, 2.05) is 0 Å². The molecule has 0 radical (unpaired) electrons. The predicted octanol–water partition coefficient (Wildman–Crippen LogP) is 4.90. The topological polar surface area (TPSA) is 29.5 Å². The monoisotopic (exact) mass is 387 g/mol. The van der Waals surface area contributed by atoms with Gasteiger partial charge in [-0.3, -0.25) is 4.79 Å². The first-order valence-corrected chi connectivity index (χ1v) is 8.09. The Morgan fingerprint density at radius 1 is 1.00 bits per heavy atom. The Morgan fingerprint density at radius 2 is 1.56 bits per heavy atom. The van der Waals surface area contributed by atoms with E-state index in [0.717, 1.165) is 17.7 Å². The summed E-state index contributed by atoms with van der Waals surface area (Å²) in [5.41, 5.74) is 0.639. The van der Waals surface area contributed by atoms with Gasteiger partial charge in [-0.25, -0.2) is 0 Å². The molecule has 0 aliphatic rings. The molecule has 0 fully saturated rings. The molecule has 0 atom stereocenters. The van der Waals surface area contributed by atoms with E-state index in [1.54, 1.807) is 19.2 Å². The van der Waals surface area contributed by atoms with Crippen LogP contribution in [0, 0.1) is 0 Å². The lowest BCUT2D eigenvalue weighted by atomic mass is 10.1. The largest absolute Gasteiger partial charge is 0.435 e. The fourth-order valence-corrected chi connectivity index (χ4v) is 2.44. The van der Waals surface area contributed by atoms with Crippen LogP contribution in [-0.4, -0.2) is 24.5 Å². The van der Waals surface area contributed by atoms with E-state index >= 15 is 0 Å². The Balaban J connectivity index is 1.85. The van der Waals surface area contributed by atoms with Gasteiger partial charge >= 0.3 is 12.8 Å². The van der Waals surface area contributed by atoms with E-state index < -0.39 is 18.4 Å². The van der Waals surface area contributed by atoms with Crippen LogP contribution in [0.1, 0.15) is 23.1 Å². The summed E-state index contributed by atoms with van der Waals surface area (Å²) in [4.78, 5) is 13.6. The van der Waals surface area contributed by atoms with Crippen LogP contribution in [0.3, 0.4) is 0 Å². The van der Waals surface area contributed by atoms with Crippen molar-refractivity contribution >= 4 is 5.91 Å². The number of halogens is 5.